The molecule has 1 aromatic heterocycles. The standard InChI is InChI=1S/C17H27N3O/c1-4-16-14(12-19(3)18-16)13-20(17(21)5-2)15-10-8-6-7-9-11-15/h5,12,15H,2,4,6-11,13H2,1,3H3. The van der Waals surface area contributed by atoms with Gasteiger partial charge in [0.15, 0.2) is 0 Å². The molecule has 1 fully saturated rings. The highest BCUT2D eigenvalue weighted by Gasteiger charge is 2.24. The van der Waals surface area contributed by atoms with Crippen molar-refractivity contribution in [3.63, 3.8) is 0 Å². The van der Waals surface area contributed by atoms with E-state index in [2.05, 4.69) is 18.6 Å². The molecule has 4 heteroatoms. The molecule has 2 rings (SSSR count). The number of carbonyl (C=O) groups excluding carboxylic acids is 1. The van der Waals surface area contributed by atoms with Gasteiger partial charge in [0.25, 0.3) is 0 Å². The van der Waals surface area contributed by atoms with Crippen LogP contribution >= 0.6 is 0 Å². The lowest BCUT2D eigenvalue weighted by atomic mass is 10.1. The van der Waals surface area contributed by atoms with Gasteiger partial charge in [-0.15, -0.1) is 0 Å². The first kappa shape index (κ1) is 15.8. The first-order chi connectivity index (χ1) is 10.2. The van der Waals surface area contributed by atoms with E-state index in [-0.39, 0.29) is 5.91 Å². The summed E-state index contributed by atoms with van der Waals surface area (Å²) in [6.45, 7) is 6.44. The molecule has 4 nitrogen and oxygen atoms in total. The van der Waals surface area contributed by atoms with Crippen LogP contribution in [-0.4, -0.2) is 26.6 Å². The molecule has 116 valence electrons. The van der Waals surface area contributed by atoms with Crippen molar-refractivity contribution in [3.05, 3.63) is 30.1 Å². The van der Waals surface area contributed by atoms with Gasteiger partial charge in [-0.25, -0.2) is 0 Å². The van der Waals surface area contributed by atoms with E-state index in [0.717, 1.165) is 25.0 Å². The highest BCUT2D eigenvalue weighted by atomic mass is 16.2. The van der Waals surface area contributed by atoms with Crippen LogP contribution in [0, 0.1) is 0 Å². The van der Waals surface area contributed by atoms with Crippen LogP contribution in [0.1, 0.15) is 56.7 Å². The van der Waals surface area contributed by atoms with Crippen LogP contribution in [0.25, 0.3) is 0 Å². The molecule has 1 saturated carbocycles. The van der Waals surface area contributed by atoms with E-state index in [1.54, 1.807) is 0 Å². The summed E-state index contributed by atoms with van der Waals surface area (Å²) in [6, 6.07) is 0.350. The number of hydrogen-bond donors (Lipinski definition) is 0. The number of carbonyl (C=O) groups is 1. The fourth-order valence-electron chi connectivity index (χ4n) is 3.27. The average Bonchev–Trinajstić information content (AvgIpc) is 2.69. The minimum atomic E-state index is 0.0489. The van der Waals surface area contributed by atoms with Gasteiger partial charge in [-0.3, -0.25) is 9.48 Å². The Labute approximate surface area is 127 Å². The molecule has 0 aromatic carbocycles. The summed E-state index contributed by atoms with van der Waals surface area (Å²) in [5, 5.41) is 4.48. The fourth-order valence-corrected chi connectivity index (χ4v) is 3.27. The van der Waals surface area contributed by atoms with Gasteiger partial charge in [0.1, 0.15) is 0 Å². The third-order valence-corrected chi connectivity index (χ3v) is 4.39. The second-order valence-corrected chi connectivity index (χ2v) is 5.94. The molecular weight excluding hydrogens is 262 g/mol. The molecule has 1 aliphatic carbocycles. The summed E-state index contributed by atoms with van der Waals surface area (Å²) < 4.78 is 1.85. The van der Waals surface area contributed by atoms with E-state index >= 15 is 0 Å². The minimum Gasteiger partial charge on any atom is -0.332 e. The van der Waals surface area contributed by atoms with Crippen LogP contribution < -0.4 is 0 Å². The van der Waals surface area contributed by atoms with E-state index in [9.17, 15) is 4.79 Å². The van der Waals surface area contributed by atoms with Gasteiger partial charge >= 0.3 is 0 Å². The number of aryl methyl sites for hydroxylation is 2. The van der Waals surface area contributed by atoms with E-state index < -0.39 is 0 Å². The third kappa shape index (κ3) is 3.96. The van der Waals surface area contributed by atoms with Gasteiger partial charge in [-0.05, 0) is 25.3 Å². The maximum Gasteiger partial charge on any atom is 0.246 e. The molecule has 1 aliphatic rings. The zero-order chi connectivity index (χ0) is 15.2. The average molecular weight is 289 g/mol. The molecule has 21 heavy (non-hydrogen) atoms. The monoisotopic (exact) mass is 289 g/mol. The minimum absolute atomic E-state index is 0.0489. The smallest absolute Gasteiger partial charge is 0.246 e. The second kappa shape index (κ2) is 7.43. The lowest BCUT2D eigenvalue weighted by Crippen LogP contribution is -2.38. The van der Waals surface area contributed by atoms with Crippen molar-refractivity contribution in [1.82, 2.24) is 14.7 Å². The predicted molar refractivity (Wildman–Crippen MR) is 84.8 cm³/mol. The van der Waals surface area contributed by atoms with Gasteiger partial charge in [0, 0.05) is 31.4 Å². The Morgan fingerprint density at radius 2 is 2.10 bits per heavy atom. The van der Waals surface area contributed by atoms with Crippen LogP contribution in [-0.2, 0) is 24.8 Å². The van der Waals surface area contributed by atoms with Crippen LogP contribution in [0.2, 0.25) is 0 Å². The predicted octanol–water partition coefficient (Wildman–Crippen LogP) is 3.22. The van der Waals surface area contributed by atoms with Gasteiger partial charge in [0.2, 0.25) is 5.91 Å². The zero-order valence-electron chi connectivity index (χ0n) is 13.3. The summed E-state index contributed by atoms with van der Waals surface area (Å²) in [7, 11) is 1.94. The van der Waals surface area contributed by atoms with E-state index in [1.807, 2.05) is 22.8 Å². The van der Waals surface area contributed by atoms with Gasteiger partial charge in [-0.2, -0.15) is 5.10 Å². The molecule has 1 amide bonds. The summed E-state index contributed by atoms with van der Waals surface area (Å²) in [5.41, 5.74) is 2.26. The van der Waals surface area contributed by atoms with E-state index in [4.69, 9.17) is 0 Å². The van der Waals surface area contributed by atoms with Crippen LogP contribution in [0.5, 0.6) is 0 Å². The lowest BCUT2D eigenvalue weighted by Gasteiger charge is -2.30. The highest BCUT2D eigenvalue weighted by Crippen LogP contribution is 2.24. The molecule has 1 heterocycles. The van der Waals surface area contributed by atoms with Crippen molar-refractivity contribution < 1.29 is 4.79 Å². The lowest BCUT2D eigenvalue weighted by molar-refractivity contribution is -0.129. The number of amides is 1. The maximum absolute atomic E-state index is 12.3. The topological polar surface area (TPSA) is 38.1 Å². The Morgan fingerprint density at radius 1 is 1.43 bits per heavy atom. The molecule has 0 aliphatic heterocycles. The van der Waals surface area contributed by atoms with Crippen molar-refractivity contribution in [1.29, 1.82) is 0 Å². The molecular formula is C17H27N3O. The number of rotatable bonds is 5. The largest absolute Gasteiger partial charge is 0.332 e. The van der Waals surface area contributed by atoms with Crippen molar-refractivity contribution in [2.45, 2.75) is 64.5 Å². The molecule has 1 aromatic rings. The SMILES string of the molecule is C=CC(=O)N(Cc1cn(C)nc1CC)C1CCCCCC1. The molecule has 0 unspecified atom stereocenters. The third-order valence-electron chi connectivity index (χ3n) is 4.39. The van der Waals surface area contributed by atoms with Crippen molar-refractivity contribution in [2.75, 3.05) is 0 Å². The van der Waals surface area contributed by atoms with Crippen molar-refractivity contribution in [2.24, 2.45) is 7.05 Å². The van der Waals surface area contributed by atoms with Crippen molar-refractivity contribution >= 4 is 5.91 Å². The van der Waals surface area contributed by atoms with E-state index in [0.29, 0.717) is 12.6 Å². The quantitative estimate of drug-likeness (QED) is 0.616. The van der Waals surface area contributed by atoms with Crippen LogP contribution in [0.4, 0.5) is 0 Å². The molecule has 0 radical (unpaired) electrons. The molecule has 0 saturated heterocycles. The first-order valence-electron chi connectivity index (χ1n) is 8.10. The summed E-state index contributed by atoms with van der Waals surface area (Å²) >= 11 is 0. The Morgan fingerprint density at radius 3 is 2.67 bits per heavy atom. The summed E-state index contributed by atoms with van der Waals surface area (Å²) in [4.78, 5) is 14.3. The Bertz CT molecular complexity index is 484. The Balaban J connectivity index is 2.19. The van der Waals surface area contributed by atoms with Gasteiger partial charge in [0.05, 0.1) is 5.69 Å². The molecule has 0 N–H and O–H groups in total. The highest BCUT2D eigenvalue weighted by molar-refractivity contribution is 5.87. The van der Waals surface area contributed by atoms with Crippen LogP contribution in [0.15, 0.2) is 18.9 Å². The number of hydrogen-bond acceptors (Lipinski definition) is 2. The maximum atomic E-state index is 12.3. The Hall–Kier alpha value is -1.58. The van der Waals surface area contributed by atoms with E-state index in [1.165, 1.54) is 37.3 Å². The zero-order valence-corrected chi connectivity index (χ0v) is 13.3. The normalized spacial score (nSPS) is 16.5. The molecule has 0 atom stereocenters. The molecule has 0 spiro atoms. The Kier molecular flexibility index (Phi) is 5.59. The fraction of sp³-hybridized carbons (Fsp3) is 0.647. The summed E-state index contributed by atoms with van der Waals surface area (Å²) in [6.07, 6.45) is 11.6. The number of aromatic nitrogens is 2. The first-order valence-corrected chi connectivity index (χ1v) is 8.10. The second-order valence-electron chi connectivity index (χ2n) is 5.94. The molecule has 0 bridgehead atoms. The van der Waals surface area contributed by atoms with Crippen LogP contribution in [0.3, 0.4) is 0 Å². The number of nitrogens with zero attached hydrogens (tertiary/aromatic N) is 3. The van der Waals surface area contributed by atoms with Crippen molar-refractivity contribution in [3.8, 4) is 0 Å². The summed E-state index contributed by atoms with van der Waals surface area (Å²) in [5.74, 6) is 0.0489. The van der Waals surface area contributed by atoms with Gasteiger partial charge in [-0.1, -0.05) is 39.2 Å². The van der Waals surface area contributed by atoms with Gasteiger partial charge < -0.3 is 4.90 Å².